The SMILES string of the molecule is CN(C)CCNC=C1C(=O)ON=C1c1ccc(F)cc1. The maximum absolute atomic E-state index is 12.9. The molecule has 5 nitrogen and oxygen atoms in total. The van der Waals surface area contributed by atoms with E-state index in [1.54, 1.807) is 18.3 Å². The first kappa shape index (κ1) is 14.2. The van der Waals surface area contributed by atoms with Crippen molar-refractivity contribution in [2.75, 3.05) is 27.2 Å². The summed E-state index contributed by atoms with van der Waals surface area (Å²) in [6.07, 6.45) is 1.58. The Labute approximate surface area is 116 Å². The maximum atomic E-state index is 12.9. The average molecular weight is 277 g/mol. The van der Waals surface area contributed by atoms with Crippen molar-refractivity contribution in [3.05, 3.63) is 47.4 Å². The minimum Gasteiger partial charge on any atom is -0.389 e. The van der Waals surface area contributed by atoms with Gasteiger partial charge in [0.05, 0.1) is 0 Å². The van der Waals surface area contributed by atoms with E-state index in [4.69, 9.17) is 0 Å². The predicted octanol–water partition coefficient (Wildman–Crippen LogP) is 1.12. The molecule has 0 saturated carbocycles. The lowest BCUT2D eigenvalue weighted by atomic mass is 10.0. The van der Waals surface area contributed by atoms with Gasteiger partial charge in [-0.2, -0.15) is 0 Å². The van der Waals surface area contributed by atoms with Gasteiger partial charge in [0.1, 0.15) is 17.1 Å². The summed E-state index contributed by atoms with van der Waals surface area (Å²) in [5, 5.41) is 6.78. The van der Waals surface area contributed by atoms with Crippen LogP contribution in [0, 0.1) is 5.82 Å². The highest BCUT2D eigenvalue weighted by molar-refractivity contribution is 6.28. The third-order valence-corrected chi connectivity index (χ3v) is 2.76. The monoisotopic (exact) mass is 277 g/mol. The molecular formula is C14H16FN3O2. The first-order chi connectivity index (χ1) is 9.58. The molecule has 0 radical (unpaired) electrons. The number of benzene rings is 1. The predicted molar refractivity (Wildman–Crippen MR) is 73.7 cm³/mol. The molecule has 0 spiro atoms. The van der Waals surface area contributed by atoms with E-state index in [1.807, 2.05) is 19.0 Å². The fourth-order valence-corrected chi connectivity index (χ4v) is 1.69. The Morgan fingerprint density at radius 3 is 2.70 bits per heavy atom. The summed E-state index contributed by atoms with van der Waals surface area (Å²) < 4.78 is 12.9. The van der Waals surface area contributed by atoms with E-state index >= 15 is 0 Å². The summed E-state index contributed by atoms with van der Waals surface area (Å²) in [6.45, 7) is 1.53. The molecule has 0 bridgehead atoms. The Morgan fingerprint density at radius 1 is 1.35 bits per heavy atom. The fraction of sp³-hybridized carbons (Fsp3) is 0.286. The number of hydrogen-bond donors (Lipinski definition) is 1. The van der Waals surface area contributed by atoms with E-state index in [0.717, 1.165) is 6.54 Å². The number of oxime groups is 1. The molecule has 0 fully saturated rings. The summed E-state index contributed by atoms with van der Waals surface area (Å²) in [5.41, 5.74) is 1.39. The highest BCUT2D eigenvalue weighted by atomic mass is 19.1. The van der Waals surface area contributed by atoms with E-state index in [-0.39, 0.29) is 5.82 Å². The van der Waals surface area contributed by atoms with E-state index in [2.05, 4.69) is 15.3 Å². The molecule has 6 heteroatoms. The van der Waals surface area contributed by atoms with Gasteiger partial charge in [-0.1, -0.05) is 5.16 Å². The van der Waals surface area contributed by atoms with Crippen LogP contribution in [0.15, 0.2) is 41.2 Å². The molecule has 1 N–H and O–H groups in total. The lowest BCUT2D eigenvalue weighted by molar-refractivity contribution is -0.136. The molecule has 20 heavy (non-hydrogen) atoms. The molecule has 0 unspecified atom stereocenters. The highest BCUT2D eigenvalue weighted by Gasteiger charge is 2.26. The van der Waals surface area contributed by atoms with E-state index in [0.29, 0.717) is 23.4 Å². The molecule has 0 aromatic heterocycles. The molecule has 1 aromatic carbocycles. The maximum Gasteiger partial charge on any atom is 0.369 e. The molecule has 0 amide bonds. The zero-order valence-corrected chi connectivity index (χ0v) is 11.4. The van der Waals surface area contributed by atoms with Gasteiger partial charge in [-0.05, 0) is 38.4 Å². The molecule has 0 aliphatic carbocycles. The Morgan fingerprint density at radius 2 is 2.05 bits per heavy atom. The van der Waals surface area contributed by atoms with Crippen molar-refractivity contribution in [3.8, 4) is 0 Å². The van der Waals surface area contributed by atoms with Gasteiger partial charge in [-0.25, -0.2) is 9.18 Å². The van der Waals surface area contributed by atoms with Crippen LogP contribution in [0.4, 0.5) is 4.39 Å². The van der Waals surface area contributed by atoms with Crippen LogP contribution < -0.4 is 5.32 Å². The van der Waals surface area contributed by atoms with E-state index < -0.39 is 5.97 Å². The lowest BCUT2D eigenvalue weighted by Crippen LogP contribution is -2.24. The van der Waals surface area contributed by atoms with Gasteiger partial charge in [0.15, 0.2) is 0 Å². The zero-order chi connectivity index (χ0) is 14.5. The Balaban J connectivity index is 2.10. The van der Waals surface area contributed by atoms with Gasteiger partial charge in [0, 0.05) is 24.9 Å². The van der Waals surface area contributed by atoms with Crippen LogP contribution >= 0.6 is 0 Å². The van der Waals surface area contributed by atoms with Crippen molar-refractivity contribution in [1.29, 1.82) is 0 Å². The fourth-order valence-electron chi connectivity index (χ4n) is 1.69. The van der Waals surface area contributed by atoms with Gasteiger partial charge in [-0.15, -0.1) is 0 Å². The minimum atomic E-state index is -0.512. The first-order valence-corrected chi connectivity index (χ1v) is 6.22. The van der Waals surface area contributed by atoms with Crippen molar-refractivity contribution in [2.24, 2.45) is 5.16 Å². The molecule has 0 saturated heterocycles. The Hall–Kier alpha value is -2.21. The van der Waals surface area contributed by atoms with Gasteiger partial charge in [0.25, 0.3) is 0 Å². The average Bonchev–Trinajstić information content (AvgIpc) is 2.77. The number of rotatable bonds is 5. The van der Waals surface area contributed by atoms with Crippen LogP contribution in [-0.4, -0.2) is 43.8 Å². The molecule has 1 aromatic rings. The second-order valence-corrected chi connectivity index (χ2v) is 4.64. The largest absolute Gasteiger partial charge is 0.389 e. The number of carbonyl (C=O) groups is 1. The molecule has 0 atom stereocenters. The second-order valence-electron chi connectivity index (χ2n) is 4.64. The van der Waals surface area contributed by atoms with Gasteiger partial charge in [0.2, 0.25) is 0 Å². The summed E-state index contributed by atoms with van der Waals surface area (Å²) in [5.74, 6) is -0.851. The number of hydrogen-bond acceptors (Lipinski definition) is 5. The molecule has 1 heterocycles. The first-order valence-electron chi connectivity index (χ1n) is 6.22. The molecule has 1 aliphatic heterocycles. The summed E-state index contributed by atoms with van der Waals surface area (Å²) in [7, 11) is 3.92. The van der Waals surface area contributed by atoms with Crippen molar-refractivity contribution in [1.82, 2.24) is 10.2 Å². The molecular weight excluding hydrogens is 261 g/mol. The van der Waals surface area contributed by atoms with E-state index in [9.17, 15) is 9.18 Å². The number of nitrogens with zero attached hydrogens (tertiary/aromatic N) is 2. The summed E-state index contributed by atoms with van der Waals surface area (Å²) in [4.78, 5) is 18.3. The second kappa shape index (κ2) is 6.29. The number of carbonyl (C=O) groups excluding carboxylic acids is 1. The number of nitrogens with one attached hydrogen (secondary N) is 1. The Bertz CT molecular complexity index is 550. The van der Waals surface area contributed by atoms with Crippen LogP contribution in [0.2, 0.25) is 0 Å². The highest BCUT2D eigenvalue weighted by Crippen LogP contribution is 2.17. The van der Waals surface area contributed by atoms with Crippen LogP contribution in [0.1, 0.15) is 5.56 Å². The van der Waals surface area contributed by atoms with Gasteiger partial charge >= 0.3 is 5.97 Å². The van der Waals surface area contributed by atoms with Gasteiger partial charge < -0.3 is 15.1 Å². The van der Waals surface area contributed by atoms with Crippen molar-refractivity contribution < 1.29 is 14.0 Å². The van der Waals surface area contributed by atoms with Crippen LogP contribution in [0.25, 0.3) is 0 Å². The molecule has 106 valence electrons. The van der Waals surface area contributed by atoms with Crippen LogP contribution in [0.5, 0.6) is 0 Å². The summed E-state index contributed by atoms with van der Waals surface area (Å²) >= 11 is 0. The zero-order valence-electron chi connectivity index (χ0n) is 11.4. The van der Waals surface area contributed by atoms with Crippen molar-refractivity contribution in [3.63, 3.8) is 0 Å². The third kappa shape index (κ3) is 3.42. The third-order valence-electron chi connectivity index (χ3n) is 2.76. The normalized spacial score (nSPS) is 16.5. The number of halogens is 1. The van der Waals surface area contributed by atoms with Crippen LogP contribution in [-0.2, 0) is 9.63 Å². The van der Waals surface area contributed by atoms with Crippen molar-refractivity contribution in [2.45, 2.75) is 0 Å². The molecule has 2 rings (SSSR count). The molecule has 1 aliphatic rings. The van der Waals surface area contributed by atoms with Gasteiger partial charge in [-0.3, -0.25) is 0 Å². The quantitative estimate of drug-likeness (QED) is 0.498. The minimum absolute atomic E-state index is 0.339. The lowest BCUT2D eigenvalue weighted by Gasteiger charge is -2.09. The van der Waals surface area contributed by atoms with Crippen molar-refractivity contribution >= 4 is 11.7 Å². The summed E-state index contributed by atoms with van der Waals surface area (Å²) in [6, 6.07) is 5.75. The number of likely N-dealkylation sites (N-methyl/N-ethyl adjacent to an activating group) is 1. The standard InChI is InChI=1S/C14H16FN3O2/c1-18(2)8-7-16-9-12-13(17-20-14(12)19)10-3-5-11(15)6-4-10/h3-6,9,16H,7-8H2,1-2H3. The topological polar surface area (TPSA) is 53.9 Å². The smallest absolute Gasteiger partial charge is 0.369 e. The van der Waals surface area contributed by atoms with E-state index in [1.165, 1.54) is 12.1 Å². The van der Waals surface area contributed by atoms with Crippen LogP contribution in [0.3, 0.4) is 0 Å². The Kier molecular flexibility index (Phi) is 4.47.